The minimum absolute atomic E-state index is 0.0396. The van der Waals surface area contributed by atoms with Crippen molar-refractivity contribution in [2.24, 2.45) is 0 Å². The highest BCUT2D eigenvalue weighted by Gasteiger charge is 2.47. The molecule has 1 rings (SSSR count). The number of hydrogen-bond donors (Lipinski definition) is 2. The summed E-state index contributed by atoms with van der Waals surface area (Å²) in [4.78, 5) is 24.4. The van der Waals surface area contributed by atoms with Gasteiger partial charge in [0.1, 0.15) is 11.2 Å². The Bertz CT molecular complexity index is 472. The fourth-order valence-corrected chi connectivity index (χ4v) is 2.05. The van der Waals surface area contributed by atoms with Crippen LogP contribution in [0, 0.1) is 0 Å². The van der Waals surface area contributed by atoms with Crippen LogP contribution in [-0.4, -0.2) is 53.3 Å². The van der Waals surface area contributed by atoms with E-state index < -0.39 is 41.9 Å². The number of amides is 2. The number of ether oxygens (including phenoxy) is 2. The largest absolute Gasteiger partial charge is 0.444 e. The van der Waals surface area contributed by atoms with Gasteiger partial charge >= 0.3 is 12.2 Å². The molecule has 1 aliphatic rings. The van der Waals surface area contributed by atoms with E-state index in [4.69, 9.17) is 9.47 Å². The average molecular weight is 351 g/mol. The molecule has 1 aliphatic heterocycles. The van der Waals surface area contributed by atoms with Gasteiger partial charge in [-0.2, -0.15) is 0 Å². The molecule has 0 spiro atoms. The monoisotopic (exact) mass is 351 g/mol. The summed E-state index contributed by atoms with van der Waals surface area (Å²) in [5.41, 5.74) is 2.93. The lowest BCUT2D eigenvalue weighted by molar-refractivity contribution is -0.0944. The van der Waals surface area contributed by atoms with Crippen LogP contribution < -0.4 is 10.9 Å². The Morgan fingerprint density at radius 3 is 2.08 bits per heavy atom. The number of alkyl halides is 2. The highest BCUT2D eigenvalue weighted by atomic mass is 19.3. The predicted octanol–water partition coefficient (Wildman–Crippen LogP) is 2.66. The van der Waals surface area contributed by atoms with Crippen LogP contribution in [0.4, 0.5) is 18.4 Å². The summed E-state index contributed by atoms with van der Waals surface area (Å²) in [6.07, 6.45) is -1.66. The SMILES string of the molecule is CC(C)(C)OC(=O)NN[C@H]1CCN(C(=O)OC(C)(C)C)CC1(F)F. The minimum atomic E-state index is -3.22. The highest BCUT2D eigenvalue weighted by Crippen LogP contribution is 2.28. The number of nitrogens with zero attached hydrogens (tertiary/aromatic N) is 1. The number of hydrogen-bond acceptors (Lipinski definition) is 5. The molecule has 2 amide bonds. The molecule has 0 aromatic carbocycles. The summed E-state index contributed by atoms with van der Waals surface area (Å²) in [6.45, 7) is 9.32. The zero-order chi connectivity index (χ0) is 18.8. The average Bonchev–Trinajstić information content (AvgIpc) is 2.31. The number of carbonyl (C=O) groups is 2. The maximum absolute atomic E-state index is 14.2. The molecule has 24 heavy (non-hydrogen) atoms. The normalized spacial score (nSPS) is 21.2. The molecule has 140 valence electrons. The summed E-state index contributed by atoms with van der Waals surface area (Å²) in [5.74, 6) is -3.22. The van der Waals surface area contributed by atoms with Gasteiger partial charge in [0.15, 0.2) is 0 Å². The van der Waals surface area contributed by atoms with Crippen LogP contribution in [0.25, 0.3) is 0 Å². The molecule has 0 aromatic heterocycles. The van der Waals surface area contributed by atoms with Gasteiger partial charge in [-0.1, -0.05) is 0 Å². The number of hydrazine groups is 1. The first-order valence-electron chi connectivity index (χ1n) is 7.80. The van der Waals surface area contributed by atoms with Crippen LogP contribution in [-0.2, 0) is 9.47 Å². The minimum Gasteiger partial charge on any atom is -0.444 e. The van der Waals surface area contributed by atoms with E-state index in [1.165, 1.54) is 0 Å². The van der Waals surface area contributed by atoms with Gasteiger partial charge < -0.3 is 14.4 Å². The lowest BCUT2D eigenvalue weighted by Crippen LogP contribution is -2.62. The maximum Gasteiger partial charge on any atom is 0.422 e. The molecule has 1 fully saturated rings. The smallest absolute Gasteiger partial charge is 0.422 e. The van der Waals surface area contributed by atoms with Gasteiger partial charge in [-0.3, -0.25) is 5.43 Å². The van der Waals surface area contributed by atoms with Crippen molar-refractivity contribution < 1.29 is 27.8 Å². The third-order valence-corrected chi connectivity index (χ3v) is 3.00. The topological polar surface area (TPSA) is 79.9 Å². The van der Waals surface area contributed by atoms with Crippen molar-refractivity contribution in [3.63, 3.8) is 0 Å². The zero-order valence-electron chi connectivity index (χ0n) is 15.0. The van der Waals surface area contributed by atoms with Crippen LogP contribution in [0.1, 0.15) is 48.0 Å². The van der Waals surface area contributed by atoms with Gasteiger partial charge in [-0.05, 0) is 48.0 Å². The van der Waals surface area contributed by atoms with Crippen molar-refractivity contribution in [2.75, 3.05) is 13.1 Å². The van der Waals surface area contributed by atoms with Crippen molar-refractivity contribution >= 4 is 12.2 Å². The first-order valence-corrected chi connectivity index (χ1v) is 7.80. The molecule has 0 radical (unpaired) electrons. The van der Waals surface area contributed by atoms with Gasteiger partial charge in [0.2, 0.25) is 0 Å². The second-order valence-electron chi connectivity index (χ2n) is 7.78. The maximum atomic E-state index is 14.2. The molecule has 9 heteroatoms. The van der Waals surface area contributed by atoms with E-state index in [1.54, 1.807) is 41.5 Å². The summed E-state index contributed by atoms with van der Waals surface area (Å²) >= 11 is 0. The second-order valence-corrected chi connectivity index (χ2v) is 7.78. The number of nitrogens with one attached hydrogen (secondary N) is 2. The van der Waals surface area contributed by atoms with Crippen LogP contribution in [0.2, 0.25) is 0 Å². The summed E-state index contributed by atoms with van der Waals surface area (Å²) in [5, 5.41) is 0. The molecular weight excluding hydrogens is 324 g/mol. The predicted molar refractivity (Wildman–Crippen MR) is 83.7 cm³/mol. The van der Waals surface area contributed by atoms with Crippen LogP contribution in [0.5, 0.6) is 0 Å². The van der Waals surface area contributed by atoms with Crippen molar-refractivity contribution in [1.82, 2.24) is 15.8 Å². The fourth-order valence-electron chi connectivity index (χ4n) is 2.05. The van der Waals surface area contributed by atoms with E-state index >= 15 is 0 Å². The Hall–Kier alpha value is -1.64. The standard InChI is InChI=1S/C15H27F2N3O4/c1-13(2,3)23-11(21)19-18-10-7-8-20(9-15(10,16)17)12(22)24-14(4,5)6/h10,18H,7-9H2,1-6H3,(H,19,21)/t10-/m0/s1. The van der Waals surface area contributed by atoms with Gasteiger partial charge in [0.05, 0.1) is 12.6 Å². The fraction of sp³-hybridized carbons (Fsp3) is 0.867. The Balaban J connectivity index is 2.55. The first-order chi connectivity index (χ1) is 10.7. The number of carbonyl (C=O) groups excluding carboxylic acids is 2. The van der Waals surface area contributed by atoms with Crippen LogP contribution in [0.3, 0.4) is 0 Å². The third kappa shape index (κ3) is 6.86. The molecule has 0 bridgehead atoms. The molecule has 1 saturated heterocycles. The molecule has 1 heterocycles. The molecular formula is C15H27F2N3O4. The van der Waals surface area contributed by atoms with Crippen molar-refractivity contribution in [3.8, 4) is 0 Å². The second kappa shape index (κ2) is 7.08. The summed E-state index contributed by atoms with van der Waals surface area (Å²) in [6, 6.07) is -1.30. The Morgan fingerprint density at radius 2 is 1.62 bits per heavy atom. The Morgan fingerprint density at radius 1 is 1.08 bits per heavy atom. The van der Waals surface area contributed by atoms with E-state index in [0.29, 0.717) is 0 Å². The lowest BCUT2D eigenvalue weighted by atomic mass is 10.0. The van der Waals surface area contributed by atoms with Gasteiger partial charge in [0, 0.05) is 6.54 Å². The van der Waals surface area contributed by atoms with Crippen molar-refractivity contribution in [1.29, 1.82) is 0 Å². The van der Waals surface area contributed by atoms with Crippen molar-refractivity contribution in [3.05, 3.63) is 0 Å². The molecule has 0 aromatic rings. The lowest BCUT2D eigenvalue weighted by Gasteiger charge is -2.39. The molecule has 0 aliphatic carbocycles. The van der Waals surface area contributed by atoms with E-state index in [0.717, 1.165) is 4.90 Å². The van der Waals surface area contributed by atoms with E-state index in [9.17, 15) is 18.4 Å². The third-order valence-electron chi connectivity index (χ3n) is 3.00. The Labute approximate surface area is 141 Å². The summed E-state index contributed by atoms with van der Waals surface area (Å²) in [7, 11) is 0. The molecule has 2 N–H and O–H groups in total. The van der Waals surface area contributed by atoms with Crippen LogP contribution in [0.15, 0.2) is 0 Å². The first kappa shape index (κ1) is 20.4. The van der Waals surface area contributed by atoms with E-state index in [-0.39, 0.29) is 13.0 Å². The Kier molecular flexibility index (Phi) is 6.02. The van der Waals surface area contributed by atoms with Gasteiger partial charge in [-0.15, -0.1) is 0 Å². The van der Waals surface area contributed by atoms with Crippen LogP contribution >= 0.6 is 0 Å². The number of halogens is 2. The van der Waals surface area contributed by atoms with E-state index in [1.807, 2.05) is 0 Å². The van der Waals surface area contributed by atoms with E-state index in [2.05, 4.69) is 10.9 Å². The summed E-state index contributed by atoms with van der Waals surface area (Å²) < 4.78 is 38.5. The quantitative estimate of drug-likeness (QED) is 0.748. The van der Waals surface area contributed by atoms with Crippen molar-refractivity contribution in [2.45, 2.75) is 71.1 Å². The zero-order valence-corrected chi connectivity index (χ0v) is 15.0. The molecule has 0 saturated carbocycles. The van der Waals surface area contributed by atoms with Gasteiger partial charge in [-0.25, -0.2) is 23.8 Å². The number of piperidine rings is 1. The highest BCUT2D eigenvalue weighted by molar-refractivity contribution is 5.68. The van der Waals surface area contributed by atoms with Gasteiger partial charge in [0.25, 0.3) is 5.92 Å². The number of likely N-dealkylation sites (tertiary alicyclic amines) is 1. The molecule has 1 atom stereocenters. The number of rotatable bonds is 2. The molecule has 0 unspecified atom stereocenters. The molecule has 7 nitrogen and oxygen atoms in total.